The van der Waals surface area contributed by atoms with E-state index in [1.165, 1.54) is 0 Å². The molecule has 2 aromatic heterocycles. The molecule has 0 saturated carbocycles. The molecule has 1 atom stereocenters. The minimum atomic E-state index is 0.0380. The number of rotatable bonds is 4. The molecule has 88 valence electrons. The summed E-state index contributed by atoms with van der Waals surface area (Å²) in [5.41, 5.74) is 1.94. The highest BCUT2D eigenvalue weighted by molar-refractivity contribution is 5.56. The lowest BCUT2D eigenvalue weighted by molar-refractivity contribution is 0.544. The topological polar surface area (TPSA) is 53.9 Å². The number of H-pyrrole nitrogens is 1. The quantitative estimate of drug-likeness (QED) is 0.789. The third-order valence-corrected chi connectivity index (χ3v) is 2.55. The van der Waals surface area contributed by atoms with Crippen molar-refractivity contribution < 1.29 is 4.42 Å². The van der Waals surface area contributed by atoms with Gasteiger partial charge in [-0.1, -0.05) is 5.92 Å². The number of aryl methyl sites for hydroxylation is 1. The van der Waals surface area contributed by atoms with E-state index in [1.54, 1.807) is 6.20 Å². The van der Waals surface area contributed by atoms with Crippen LogP contribution in [0.2, 0.25) is 0 Å². The van der Waals surface area contributed by atoms with E-state index in [2.05, 4.69) is 21.4 Å². The third-order valence-electron chi connectivity index (χ3n) is 2.55. The lowest BCUT2D eigenvalue weighted by atomic mass is 10.2. The summed E-state index contributed by atoms with van der Waals surface area (Å²) in [7, 11) is 0. The molecule has 0 bridgehead atoms. The van der Waals surface area contributed by atoms with Crippen LogP contribution >= 0.6 is 0 Å². The smallest absolute Gasteiger partial charge is 0.152 e. The molecule has 0 aliphatic rings. The van der Waals surface area contributed by atoms with Gasteiger partial charge in [0, 0.05) is 12.1 Å². The van der Waals surface area contributed by atoms with Crippen LogP contribution in [0.4, 0.5) is 0 Å². The molecule has 4 nitrogen and oxygen atoms in total. The van der Waals surface area contributed by atoms with Crippen molar-refractivity contribution in [3.8, 4) is 23.8 Å². The molecule has 2 rings (SSSR count). The molecule has 0 aromatic carbocycles. The highest BCUT2D eigenvalue weighted by atomic mass is 16.3. The van der Waals surface area contributed by atoms with E-state index < -0.39 is 0 Å². The van der Waals surface area contributed by atoms with Gasteiger partial charge < -0.3 is 4.42 Å². The standard InChI is InChI=1S/C13H15N3O/c1-4-9(2)14-7-11-8-15-16-13(11)12-6-5-10(3)17-12/h1,5-6,8-9,14H,7H2,2-3H3,(H,15,16). The Bertz CT molecular complexity index is 533. The molecule has 0 aliphatic carbocycles. The van der Waals surface area contributed by atoms with E-state index in [0.717, 1.165) is 22.8 Å². The summed E-state index contributed by atoms with van der Waals surface area (Å²) < 4.78 is 5.56. The molecule has 2 aromatic rings. The summed E-state index contributed by atoms with van der Waals surface area (Å²) in [6.45, 7) is 4.52. The van der Waals surface area contributed by atoms with Crippen LogP contribution in [-0.4, -0.2) is 16.2 Å². The van der Waals surface area contributed by atoms with Crippen molar-refractivity contribution in [2.24, 2.45) is 0 Å². The Kier molecular flexibility index (Phi) is 3.31. The highest BCUT2D eigenvalue weighted by Crippen LogP contribution is 2.23. The number of nitrogens with zero attached hydrogens (tertiary/aromatic N) is 1. The molecular formula is C13H15N3O. The maximum atomic E-state index is 5.56. The Hall–Kier alpha value is -1.99. The van der Waals surface area contributed by atoms with E-state index in [4.69, 9.17) is 10.8 Å². The molecule has 1 unspecified atom stereocenters. The van der Waals surface area contributed by atoms with Crippen molar-refractivity contribution in [1.82, 2.24) is 15.5 Å². The second-order valence-corrected chi connectivity index (χ2v) is 3.95. The Morgan fingerprint density at radius 1 is 1.59 bits per heavy atom. The fourth-order valence-electron chi connectivity index (χ4n) is 1.55. The summed E-state index contributed by atoms with van der Waals surface area (Å²) in [5.74, 6) is 4.30. The van der Waals surface area contributed by atoms with Gasteiger partial charge in [-0.15, -0.1) is 6.42 Å². The number of nitrogens with one attached hydrogen (secondary N) is 2. The number of aromatic amines is 1. The van der Waals surface area contributed by atoms with E-state index >= 15 is 0 Å². The van der Waals surface area contributed by atoms with E-state index in [-0.39, 0.29) is 6.04 Å². The normalized spacial score (nSPS) is 12.3. The molecule has 0 spiro atoms. The van der Waals surface area contributed by atoms with Gasteiger partial charge in [-0.05, 0) is 26.0 Å². The second kappa shape index (κ2) is 4.89. The van der Waals surface area contributed by atoms with E-state index in [1.807, 2.05) is 26.0 Å². The lowest BCUT2D eigenvalue weighted by Gasteiger charge is -2.06. The first kappa shape index (κ1) is 11.5. The molecule has 17 heavy (non-hydrogen) atoms. The maximum Gasteiger partial charge on any atom is 0.152 e. The van der Waals surface area contributed by atoms with Crippen molar-refractivity contribution in [1.29, 1.82) is 0 Å². The van der Waals surface area contributed by atoms with Crippen molar-refractivity contribution in [2.45, 2.75) is 26.4 Å². The molecule has 2 heterocycles. The van der Waals surface area contributed by atoms with Crippen molar-refractivity contribution in [2.75, 3.05) is 0 Å². The fraction of sp³-hybridized carbons (Fsp3) is 0.308. The van der Waals surface area contributed by atoms with Gasteiger partial charge in [-0.25, -0.2) is 0 Å². The SMILES string of the molecule is C#CC(C)NCc1cn[nH]c1-c1ccc(C)o1. The monoisotopic (exact) mass is 229 g/mol. The van der Waals surface area contributed by atoms with Crippen LogP contribution in [0.25, 0.3) is 11.5 Å². The van der Waals surface area contributed by atoms with Gasteiger partial charge in [-0.3, -0.25) is 10.4 Å². The fourth-order valence-corrected chi connectivity index (χ4v) is 1.55. The van der Waals surface area contributed by atoms with Gasteiger partial charge in [0.25, 0.3) is 0 Å². The van der Waals surface area contributed by atoms with Gasteiger partial charge in [0.1, 0.15) is 11.5 Å². The minimum absolute atomic E-state index is 0.0380. The molecule has 0 aliphatic heterocycles. The Balaban J connectivity index is 2.15. The highest BCUT2D eigenvalue weighted by Gasteiger charge is 2.11. The zero-order valence-electron chi connectivity index (χ0n) is 9.95. The number of terminal acetylenes is 1. The van der Waals surface area contributed by atoms with Crippen LogP contribution in [0.5, 0.6) is 0 Å². The predicted molar refractivity (Wildman–Crippen MR) is 66.2 cm³/mol. The third kappa shape index (κ3) is 2.58. The first-order valence-electron chi connectivity index (χ1n) is 5.49. The number of hydrogen-bond acceptors (Lipinski definition) is 3. The maximum absolute atomic E-state index is 5.56. The zero-order chi connectivity index (χ0) is 12.3. The first-order chi connectivity index (χ1) is 8.20. The molecule has 0 amide bonds. The van der Waals surface area contributed by atoms with Crippen LogP contribution < -0.4 is 5.32 Å². The molecule has 0 fully saturated rings. The van der Waals surface area contributed by atoms with Gasteiger partial charge >= 0.3 is 0 Å². The Labute approximate surface area is 100 Å². The summed E-state index contributed by atoms with van der Waals surface area (Å²) >= 11 is 0. The summed E-state index contributed by atoms with van der Waals surface area (Å²) in [4.78, 5) is 0. The van der Waals surface area contributed by atoms with Crippen molar-refractivity contribution in [3.05, 3.63) is 29.7 Å². The second-order valence-electron chi connectivity index (χ2n) is 3.95. The van der Waals surface area contributed by atoms with Crippen LogP contribution in [0.15, 0.2) is 22.7 Å². The Morgan fingerprint density at radius 2 is 2.41 bits per heavy atom. The van der Waals surface area contributed by atoms with E-state index in [9.17, 15) is 0 Å². The van der Waals surface area contributed by atoms with Gasteiger partial charge in [-0.2, -0.15) is 5.10 Å². The first-order valence-corrected chi connectivity index (χ1v) is 5.49. The van der Waals surface area contributed by atoms with Crippen LogP contribution in [0.3, 0.4) is 0 Å². The number of hydrogen-bond donors (Lipinski definition) is 2. The molecular weight excluding hydrogens is 214 g/mol. The van der Waals surface area contributed by atoms with Gasteiger partial charge in [0.2, 0.25) is 0 Å². The molecule has 4 heteroatoms. The van der Waals surface area contributed by atoms with Gasteiger partial charge in [0.05, 0.1) is 12.2 Å². The van der Waals surface area contributed by atoms with Crippen LogP contribution in [0.1, 0.15) is 18.2 Å². The molecule has 0 radical (unpaired) electrons. The summed E-state index contributed by atoms with van der Waals surface area (Å²) in [6, 6.07) is 3.89. The van der Waals surface area contributed by atoms with Crippen LogP contribution in [0, 0.1) is 19.3 Å². The minimum Gasteiger partial charge on any atom is -0.460 e. The Morgan fingerprint density at radius 3 is 3.06 bits per heavy atom. The number of aromatic nitrogens is 2. The molecule has 0 saturated heterocycles. The summed E-state index contributed by atoms with van der Waals surface area (Å²) in [6.07, 6.45) is 7.09. The molecule has 2 N–H and O–H groups in total. The van der Waals surface area contributed by atoms with Crippen LogP contribution in [-0.2, 0) is 6.54 Å². The lowest BCUT2D eigenvalue weighted by Crippen LogP contribution is -2.23. The van der Waals surface area contributed by atoms with Crippen molar-refractivity contribution >= 4 is 0 Å². The largest absolute Gasteiger partial charge is 0.460 e. The van der Waals surface area contributed by atoms with Crippen molar-refractivity contribution in [3.63, 3.8) is 0 Å². The average molecular weight is 229 g/mol. The average Bonchev–Trinajstić information content (AvgIpc) is 2.93. The predicted octanol–water partition coefficient (Wildman–Crippen LogP) is 2.09. The van der Waals surface area contributed by atoms with Gasteiger partial charge in [0.15, 0.2) is 5.76 Å². The zero-order valence-corrected chi connectivity index (χ0v) is 9.95. The number of furan rings is 1. The van der Waals surface area contributed by atoms with E-state index in [0.29, 0.717) is 6.54 Å². The summed E-state index contributed by atoms with van der Waals surface area (Å²) in [5, 5.41) is 10.2.